The van der Waals surface area contributed by atoms with Crippen LogP contribution in [0.25, 0.3) is 0 Å². The normalized spacial score (nSPS) is 19.2. The summed E-state index contributed by atoms with van der Waals surface area (Å²) in [5, 5.41) is 16.5. The fourth-order valence-electron chi connectivity index (χ4n) is 2.45. The van der Waals surface area contributed by atoms with E-state index in [1.807, 2.05) is 6.26 Å². The van der Waals surface area contributed by atoms with Crippen molar-refractivity contribution >= 4 is 41.6 Å². The number of ether oxygens (including phenoxy) is 3. The summed E-state index contributed by atoms with van der Waals surface area (Å²) >= 11 is 1.45. The van der Waals surface area contributed by atoms with Crippen LogP contribution in [0.15, 0.2) is 0 Å². The fourth-order valence-corrected chi connectivity index (χ4v) is 2.92. The van der Waals surface area contributed by atoms with Gasteiger partial charge in [0.1, 0.15) is 17.7 Å². The summed E-state index contributed by atoms with van der Waals surface area (Å²) < 4.78 is 14.8. The Morgan fingerprint density at radius 3 is 2.28 bits per heavy atom. The maximum atomic E-state index is 12.6. The molecule has 1 rings (SSSR count). The molecule has 0 aromatic carbocycles. The molecule has 0 unspecified atom stereocenters. The molecule has 0 aromatic heterocycles. The van der Waals surface area contributed by atoms with E-state index in [0.717, 1.165) is 0 Å². The predicted octanol–water partition coefficient (Wildman–Crippen LogP) is -0.351. The zero-order valence-corrected chi connectivity index (χ0v) is 19.6. The molecule has 0 spiro atoms. The van der Waals surface area contributed by atoms with E-state index in [-0.39, 0.29) is 13.0 Å². The molecule has 0 radical (unpaired) electrons. The molecule has 182 valence electrons. The summed E-state index contributed by atoms with van der Waals surface area (Å²) in [6, 6.07) is -2.50. The van der Waals surface area contributed by atoms with Crippen molar-refractivity contribution in [1.82, 2.24) is 16.0 Å². The number of nitrogens with one attached hydrogen (secondary N) is 3. The van der Waals surface area contributed by atoms with Gasteiger partial charge in [-0.3, -0.25) is 9.59 Å². The lowest BCUT2D eigenvalue weighted by Gasteiger charge is -2.24. The Kier molecular flexibility index (Phi) is 10.7. The molecule has 0 saturated carbocycles. The second-order valence-corrected chi connectivity index (χ2v) is 8.84. The largest absolute Gasteiger partial charge is 0.480 e. The lowest BCUT2D eigenvalue weighted by molar-refractivity contribution is -0.145. The highest BCUT2D eigenvalue weighted by atomic mass is 32.2. The molecule has 32 heavy (non-hydrogen) atoms. The average molecular weight is 478 g/mol. The summed E-state index contributed by atoms with van der Waals surface area (Å²) in [6.07, 6.45) is -0.845. The first-order valence-electron chi connectivity index (χ1n) is 10.0. The van der Waals surface area contributed by atoms with Gasteiger partial charge >= 0.3 is 18.0 Å². The van der Waals surface area contributed by atoms with Gasteiger partial charge in [-0.05, 0) is 46.1 Å². The Hall–Kier alpha value is -2.54. The third-order valence-corrected chi connectivity index (χ3v) is 4.63. The first kappa shape index (κ1) is 27.5. The van der Waals surface area contributed by atoms with Crippen LogP contribution in [0, 0.1) is 0 Å². The zero-order chi connectivity index (χ0) is 24.5. The van der Waals surface area contributed by atoms with E-state index in [4.69, 9.17) is 14.2 Å². The summed E-state index contributed by atoms with van der Waals surface area (Å²) in [5.41, 5.74) is -0.773. The van der Waals surface area contributed by atoms with E-state index in [9.17, 15) is 29.1 Å². The third kappa shape index (κ3) is 9.73. The molecule has 4 atom stereocenters. The maximum Gasteiger partial charge on any atom is 0.408 e. The van der Waals surface area contributed by atoms with Crippen molar-refractivity contribution in [2.24, 2.45) is 0 Å². The highest BCUT2D eigenvalue weighted by Gasteiger charge is 2.51. The molecule has 1 saturated heterocycles. The number of epoxide rings is 1. The van der Waals surface area contributed by atoms with Crippen LogP contribution in [0.2, 0.25) is 0 Å². The van der Waals surface area contributed by atoms with Crippen molar-refractivity contribution in [3.63, 3.8) is 0 Å². The summed E-state index contributed by atoms with van der Waals surface area (Å²) in [5.74, 6) is -2.98. The number of hydrogen-bond acceptors (Lipinski definition) is 9. The van der Waals surface area contributed by atoms with Crippen LogP contribution in [0.3, 0.4) is 0 Å². The van der Waals surface area contributed by atoms with E-state index >= 15 is 0 Å². The molecular formula is C19H31N3O9S. The van der Waals surface area contributed by atoms with Crippen molar-refractivity contribution in [1.29, 1.82) is 0 Å². The number of alkyl carbamates (subject to hydrolysis) is 1. The number of carboxylic acid groups (broad SMARTS) is 1. The predicted molar refractivity (Wildman–Crippen MR) is 114 cm³/mol. The number of thioether (sulfide) groups is 1. The van der Waals surface area contributed by atoms with Gasteiger partial charge < -0.3 is 35.3 Å². The van der Waals surface area contributed by atoms with Crippen LogP contribution >= 0.6 is 11.8 Å². The Bertz CT molecular complexity index is 711. The number of amides is 3. The molecule has 1 heterocycles. The quantitative estimate of drug-likeness (QED) is 0.215. The molecule has 0 aromatic rings. The van der Waals surface area contributed by atoms with Crippen LogP contribution in [-0.4, -0.2) is 90.0 Å². The van der Waals surface area contributed by atoms with Crippen LogP contribution in [0.5, 0.6) is 0 Å². The van der Waals surface area contributed by atoms with Gasteiger partial charge in [0.25, 0.3) is 5.91 Å². The van der Waals surface area contributed by atoms with Crippen molar-refractivity contribution in [2.45, 2.75) is 64.0 Å². The number of carboxylic acids is 1. The van der Waals surface area contributed by atoms with Crippen LogP contribution in [0.4, 0.5) is 4.79 Å². The number of aliphatic carboxylic acids is 1. The molecular weight excluding hydrogens is 446 g/mol. The second kappa shape index (κ2) is 12.5. The number of carbonyl (C=O) groups is 5. The van der Waals surface area contributed by atoms with E-state index in [0.29, 0.717) is 5.75 Å². The van der Waals surface area contributed by atoms with Gasteiger partial charge in [-0.25, -0.2) is 14.4 Å². The zero-order valence-electron chi connectivity index (χ0n) is 18.8. The van der Waals surface area contributed by atoms with Gasteiger partial charge in [-0.15, -0.1) is 0 Å². The Balaban J connectivity index is 2.66. The molecule has 1 aliphatic heterocycles. The van der Waals surface area contributed by atoms with E-state index in [1.54, 1.807) is 27.7 Å². The van der Waals surface area contributed by atoms with Crippen molar-refractivity contribution in [2.75, 3.05) is 25.2 Å². The van der Waals surface area contributed by atoms with E-state index in [2.05, 4.69) is 16.0 Å². The van der Waals surface area contributed by atoms with E-state index in [1.165, 1.54) is 11.8 Å². The lowest BCUT2D eigenvalue weighted by atomic mass is 10.2. The molecule has 1 aliphatic rings. The molecule has 13 heteroatoms. The SMILES string of the molecule is CCOC(=O)[C@@H]1O[C@H]1C(=O)NC[C@H](NC(=O)[C@H](CCSC)NC(=O)OC(C)(C)C)C(=O)O. The second-order valence-electron chi connectivity index (χ2n) is 7.85. The van der Waals surface area contributed by atoms with Gasteiger partial charge in [0, 0.05) is 6.54 Å². The smallest absolute Gasteiger partial charge is 0.408 e. The standard InChI is InChI=1S/C19H31N3O9S/c1-6-29-17(27)13-12(30-13)15(24)20-9-11(16(25)26)21-14(23)10(7-8-32-5)22-18(28)31-19(2,3)4/h10-13H,6-9H2,1-5H3,(H,20,24)(H,21,23)(H,22,28)(H,25,26)/t10-,11-,12+,13+/m0/s1. The van der Waals surface area contributed by atoms with Gasteiger partial charge in [0.15, 0.2) is 12.2 Å². The summed E-state index contributed by atoms with van der Waals surface area (Å²) in [7, 11) is 0. The highest BCUT2D eigenvalue weighted by molar-refractivity contribution is 7.98. The van der Waals surface area contributed by atoms with Crippen molar-refractivity contribution in [3.05, 3.63) is 0 Å². The Morgan fingerprint density at radius 1 is 1.09 bits per heavy atom. The topological polar surface area (TPSA) is 173 Å². The minimum absolute atomic E-state index is 0.134. The highest BCUT2D eigenvalue weighted by Crippen LogP contribution is 2.23. The number of esters is 1. The molecule has 3 amide bonds. The first-order chi connectivity index (χ1) is 14.9. The summed E-state index contributed by atoms with van der Waals surface area (Å²) in [4.78, 5) is 59.8. The Morgan fingerprint density at radius 2 is 1.75 bits per heavy atom. The van der Waals surface area contributed by atoms with Crippen LogP contribution in [-0.2, 0) is 33.4 Å². The van der Waals surface area contributed by atoms with Crippen LogP contribution in [0.1, 0.15) is 34.1 Å². The minimum atomic E-state index is -1.47. The molecule has 0 bridgehead atoms. The van der Waals surface area contributed by atoms with Gasteiger partial charge in [0.2, 0.25) is 5.91 Å². The number of hydrogen-bond donors (Lipinski definition) is 4. The van der Waals surface area contributed by atoms with Gasteiger partial charge in [-0.2, -0.15) is 11.8 Å². The lowest BCUT2D eigenvalue weighted by Crippen LogP contribution is -2.55. The first-order valence-corrected chi connectivity index (χ1v) is 11.4. The average Bonchev–Trinajstić information content (AvgIpc) is 3.47. The minimum Gasteiger partial charge on any atom is -0.480 e. The number of rotatable bonds is 12. The molecule has 0 aliphatic carbocycles. The summed E-state index contributed by atoms with van der Waals surface area (Å²) in [6.45, 7) is 6.31. The van der Waals surface area contributed by atoms with Crippen molar-refractivity contribution in [3.8, 4) is 0 Å². The van der Waals surface area contributed by atoms with Crippen molar-refractivity contribution < 1.29 is 43.3 Å². The van der Waals surface area contributed by atoms with Gasteiger partial charge in [-0.1, -0.05) is 0 Å². The van der Waals surface area contributed by atoms with Gasteiger partial charge in [0.05, 0.1) is 6.61 Å². The number of carbonyl (C=O) groups excluding carboxylic acids is 4. The van der Waals surface area contributed by atoms with E-state index < -0.39 is 66.3 Å². The maximum absolute atomic E-state index is 12.6. The fraction of sp³-hybridized carbons (Fsp3) is 0.737. The molecule has 12 nitrogen and oxygen atoms in total. The molecule has 4 N–H and O–H groups in total. The Labute approximate surface area is 190 Å². The third-order valence-electron chi connectivity index (χ3n) is 3.98. The molecule has 1 fully saturated rings. The van der Waals surface area contributed by atoms with Crippen LogP contribution < -0.4 is 16.0 Å². The monoisotopic (exact) mass is 477 g/mol.